The molecule has 0 aliphatic heterocycles. The number of ether oxygens (including phenoxy) is 1. The van der Waals surface area contributed by atoms with E-state index in [1.165, 1.54) is 0 Å². The molecule has 12 heavy (non-hydrogen) atoms. The van der Waals surface area contributed by atoms with Crippen LogP contribution >= 0.6 is 0 Å². The molecule has 0 fully saturated rings. The van der Waals surface area contributed by atoms with Gasteiger partial charge in [-0.1, -0.05) is 6.08 Å². The first-order valence-electron chi connectivity index (χ1n) is 3.18. The molecule has 0 saturated carbocycles. The van der Waals surface area contributed by atoms with Gasteiger partial charge in [0.25, 0.3) is 0 Å². The van der Waals surface area contributed by atoms with Crippen molar-refractivity contribution < 1.29 is 22.7 Å². The van der Waals surface area contributed by atoms with E-state index in [9.17, 15) is 18.0 Å². The summed E-state index contributed by atoms with van der Waals surface area (Å²) in [6, 6.07) is 0. The van der Waals surface area contributed by atoms with Crippen LogP contribution in [0.3, 0.4) is 0 Å². The molecule has 0 spiro atoms. The summed E-state index contributed by atoms with van der Waals surface area (Å²) in [4.78, 5) is 10.5. The Kier molecular flexibility index (Phi) is 3.79. The third-order valence-electron chi connectivity index (χ3n) is 1.32. The van der Waals surface area contributed by atoms with E-state index in [-0.39, 0.29) is 0 Å². The zero-order valence-electron chi connectivity index (χ0n) is 6.52. The van der Waals surface area contributed by atoms with E-state index in [2.05, 4.69) is 11.3 Å². The molecule has 1 atom stereocenters. The number of halogens is 3. The average Bonchev–Trinajstić information content (AvgIpc) is 1.97. The van der Waals surface area contributed by atoms with Crippen LogP contribution in [0.25, 0.3) is 0 Å². The van der Waals surface area contributed by atoms with Crippen molar-refractivity contribution in [1.29, 1.82) is 0 Å². The Morgan fingerprint density at radius 3 is 2.42 bits per heavy atom. The molecule has 0 N–H and O–H groups in total. The van der Waals surface area contributed by atoms with Crippen molar-refractivity contribution in [3.8, 4) is 0 Å². The van der Waals surface area contributed by atoms with Crippen LogP contribution in [0.5, 0.6) is 0 Å². The molecule has 0 aliphatic carbocycles. The normalized spacial score (nSPS) is 13.7. The van der Waals surface area contributed by atoms with Crippen molar-refractivity contribution in [3.63, 3.8) is 0 Å². The molecule has 1 unspecified atom stereocenters. The minimum Gasteiger partial charge on any atom is -0.469 e. The molecule has 0 radical (unpaired) electrons. The van der Waals surface area contributed by atoms with E-state index in [1.807, 2.05) is 0 Å². The van der Waals surface area contributed by atoms with Gasteiger partial charge >= 0.3 is 12.1 Å². The van der Waals surface area contributed by atoms with Crippen molar-refractivity contribution in [2.45, 2.75) is 12.6 Å². The standard InChI is InChI=1S/C7H9F3O2/c1-3-5(7(8,9)10)4-6(11)12-2/h3,5H,1,4H2,2H3. The van der Waals surface area contributed by atoms with E-state index in [0.29, 0.717) is 6.08 Å². The molecule has 0 bridgehead atoms. The van der Waals surface area contributed by atoms with Gasteiger partial charge in [-0.25, -0.2) is 0 Å². The molecule has 70 valence electrons. The maximum atomic E-state index is 11.9. The van der Waals surface area contributed by atoms with Crippen LogP contribution in [0.1, 0.15) is 6.42 Å². The van der Waals surface area contributed by atoms with E-state index < -0.39 is 24.5 Å². The summed E-state index contributed by atoms with van der Waals surface area (Å²) in [5, 5.41) is 0. The van der Waals surface area contributed by atoms with Gasteiger partial charge < -0.3 is 4.74 Å². The summed E-state index contributed by atoms with van der Waals surface area (Å²) in [5.74, 6) is -2.71. The average molecular weight is 182 g/mol. The lowest BCUT2D eigenvalue weighted by atomic mass is 10.1. The zero-order valence-corrected chi connectivity index (χ0v) is 6.52. The lowest BCUT2D eigenvalue weighted by Crippen LogP contribution is -2.24. The molecule has 5 heteroatoms. The monoisotopic (exact) mass is 182 g/mol. The van der Waals surface area contributed by atoms with Gasteiger partial charge in [0.15, 0.2) is 0 Å². The summed E-state index contributed by atoms with van der Waals surface area (Å²) in [6.45, 7) is 2.99. The molecule has 0 aliphatic rings. The van der Waals surface area contributed by atoms with Crippen molar-refractivity contribution in [3.05, 3.63) is 12.7 Å². The minimum atomic E-state index is -4.42. The number of esters is 1. The Morgan fingerprint density at radius 2 is 2.17 bits per heavy atom. The highest BCUT2D eigenvalue weighted by molar-refractivity contribution is 5.69. The van der Waals surface area contributed by atoms with Gasteiger partial charge in [-0.05, 0) is 0 Å². The number of allylic oxidation sites excluding steroid dienone is 1. The lowest BCUT2D eigenvalue weighted by molar-refractivity contribution is -0.172. The van der Waals surface area contributed by atoms with Gasteiger partial charge in [-0.15, -0.1) is 6.58 Å². The second-order valence-electron chi connectivity index (χ2n) is 2.16. The Balaban J connectivity index is 4.19. The minimum absolute atomic E-state index is 0.691. The fourth-order valence-corrected chi connectivity index (χ4v) is 0.596. The van der Waals surface area contributed by atoms with E-state index in [0.717, 1.165) is 7.11 Å². The SMILES string of the molecule is C=CC(CC(=O)OC)C(F)(F)F. The third-order valence-corrected chi connectivity index (χ3v) is 1.32. The molecule has 0 aromatic rings. The molecule has 0 rings (SSSR count). The number of hydrogen-bond donors (Lipinski definition) is 0. The maximum absolute atomic E-state index is 11.9. The van der Waals surface area contributed by atoms with Gasteiger partial charge in [-0.3, -0.25) is 4.79 Å². The van der Waals surface area contributed by atoms with Gasteiger partial charge in [-0.2, -0.15) is 13.2 Å². The smallest absolute Gasteiger partial charge is 0.395 e. The van der Waals surface area contributed by atoms with Gasteiger partial charge in [0, 0.05) is 0 Å². The van der Waals surface area contributed by atoms with Gasteiger partial charge in [0.2, 0.25) is 0 Å². The number of hydrogen-bond acceptors (Lipinski definition) is 2. The van der Waals surface area contributed by atoms with Crippen LogP contribution in [0.4, 0.5) is 13.2 Å². The van der Waals surface area contributed by atoms with Gasteiger partial charge in [0.05, 0.1) is 19.4 Å². The Morgan fingerprint density at radius 1 is 1.67 bits per heavy atom. The third kappa shape index (κ3) is 3.41. The quantitative estimate of drug-likeness (QED) is 0.492. The van der Waals surface area contributed by atoms with Crippen LogP contribution in [0.2, 0.25) is 0 Å². The summed E-state index contributed by atoms with van der Waals surface area (Å²) < 4.78 is 39.9. The first kappa shape index (κ1) is 11.0. The number of alkyl halides is 3. The number of carbonyl (C=O) groups is 1. The van der Waals surface area contributed by atoms with Crippen LogP contribution in [0.15, 0.2) is 12.7 Å². The second-order valence-corrected chi connectivity index (χ2v) is 2.16. The molecule has 0 aromatic carbocycles. The summed E-state index contributed by atoms with van der Waals surface area (Å²) in [6.07, 6.45) is -4.43. The molecule has 0 heterocycles. The lowest BCUT2D eigenvalue weighted by Gasteiger charge is -2.14. The molecular weight excluding hydrogens is 173 g/mol. The highest BCUT2D eigenvalue weighted by Crippen LogP contribution is 2.29. The number of carbonyl (C=O) groups excluding carboxylic acids is 1. The van der Waals surface area contributed by atoms with E-state index in [1.54, 1.807) is 0 Å². The molecule has 0 aromatic heterocycles. The largest absolute Gasteiger partial charge is 0.469 e. The number of rotatable bonds is 3. The fraction of sp³-hybridized carbons (Fsp3) is 0.571. The van der Waals surface area contributed by atoms with E-state index in [4.69, 9.17) is 0 Å². The summed E-state index contributed by atoms with van der Waals surface area (Å²) in [5.41, 5.74) is 0. The Hall–Kier alpha value is -1.00. The topological polar surface area (TPSA) is 26.3 Å². The van der Waals surface area contributed by atoms with Gasteiger partial charge in [0.1, 0.15) is 0 Å². The fourth-order valence-electron chi connectivity index (χ4n) is 0.596. The highest BCUT2D eigenvalue weighted by atomic mass is 19.4. The Bertz CT molecular complexity index is 174. The molecule has 0 amide bonds. The molecule has 0 saturated heterocycles. The van der Waals surface area contributed by atoms with Crippen molar-refractivity contribution in [2.75, 3.05) is 7.11 Å². The van der Waals surface area contributed by atoms with Crippen molar-refractivity contribution in [1.82, 2.24) is 0 Å². The van der Waals surface area contributed by atoms with Crippen molar-refractivity contribution >= 4 is 5.97 Å². The predicted octanol–water partition coefficient (Wildman–Crippen LogP) is 1.91. The molecular formula is C7H9F3O2. The van der Waals surface area contributed by atoms with Crippen LogP contribution in [0, 0.1) is 5.92 Å². The van der Waals surface area contributed by atoms with Crippen molar-refractivity contribution in [2.24, 2.45) is 5.92 Å². The molecule has 2 nitrogen and oxygen atoms in total. The van der Waals surface area contributed by atoms with E-state index >= 15 is 0 Å². The first-order valence-corrected chi connectivity index (χ1v) is 3.18. The Labute approximate surface area is 68.0 Å². The summed E-state index contributed by atoms with van der Waals surface area (Å²) >= 11 is 0. The maximum Gasteiger partial charge on any atom is 0.395 e. The first-order chi connectivity index (χ1) is 5.41. The zero-order chi connectivity index (χ0) is 9.78. The highest BCUT2D eigenvalue weighted by Gasteiger charge is 2.38. The predicted molar refractivity (Wildman–Crippen MR) is 36.4 cm³/mol. The van der Waals surface area contributed by atoms with Crippen LogP contribution in [-0.2, 0) is 9.53 Å². The summed E-state index contributed by atoms with van der Waals surface area (Å²) in [7, 11) is 1.04. The number of methoxy groups -OCH3 is 1. The second kappa shape index (κ2) is 4.13. The van der Waals surface area contributed by atoms with Crippen LogP contribution in [-0.4, -0.2) is 19.3 Å². The van der Waals surface area contributed by atoms with Crippen LogP contribution < -0.4 is 0 Å².